The van der Waals surface area contributed by atoms with Crippen LogP contribution in [0.4, 0.5) is 0 Å². The van der Waals surface area contributed by atoms with Crippen molar-refractivity contribution in [1.82, 2.24) is 15.5 Å². The summed E-state index contributed by atoms with van der Waals surface area (Å²) in [6.07, 6.45) is 6.40. The van der Waals surface area contributed by atoms with E-state index >= 15 is 0 Å². The fraction of sp³-hybridized carbons (Fsp3) is 0.667. The van der Waals surface area contributed by atoms with E-state index in [2.05, 4.69) is 15.5 Å². The van der Waals surface area contributed by atoms with Crippen molar-refractivity contribution in [2.75, 3.05) is 6.54 Å². The highest BCUT2D eigenvalue weighted by Crippen LogP contribution is 2.28. The summed E-state index contributed by atoms with van der Waals surface area (Å²) >= 11 is 0. The van der Waals surface area contributed by atoms with Gasteiger partial charge in [-0.15, -0.1) is 0 Å². The van der Waals surface area contributed by atoms with Gasteiger partial charge in [0.2, 0.25) is 5.91 Å². The number of nitrogens with two attached hydrogens (primary N) is 1. The molecule has 94 valence electrons. The molecule has 1 aliphatic rings. The molecule has 0 aromatic carbocycles. The van der Waals surface area contributed by atoms with Crippen molar-refractivity contribution in [1.29, 1.82) is 0 Å². The summed E-state index contributed by atoms with van der Waals surface area (Å²) < 4.78 is 0. The highest BCUT2D eigenvalue weighted by atomic mass is 16.2. The molecule has 0 radical (unpaired) electrons. The molecule has 4 N–H and O–H groups in total. The number of H-pyrrole nitrogens is 1. The van der Waals surface area contributed by atoms with E-state index in [1.807, 2.05) is 13.1 Å². The molecule has 0 saturated heterocycles. The van der Waals surface area contributed by atoms with Gasteiger partial charge in [-0.3, -0.25) is 9.89 Å². The first-order valence-corrected chi connectivity index (χ1v) is 6.18. The van der Waals surface area contributed by atoms with Gasteiger partial charge in [-0.05, 0) is 44.6 Å². The summed E-state index contributed by atoms with van der Waals surface area (Å²) in [5, 5.41) is 9.78. The Labute approximate surface area is 101 Å². The van der Waals surface area contributed by atoms with Gasteiger partial charge < -0.3 is 11.1 Å². The largest absolute Gasteiger partial charge is 0.354 e. The predicted molar refractivity (Wildman–Crippen MR) is 65.4 cm³/mol. The van der Waals surface area contributed by atoms with Gasteiger partial charge in [-0.25, -0.2) is 0 Å². The van der Waals surface area contributed by atoms with Gasteiger partial charge in [0.1, 0.15) is 0 Å². The van der Waals surface area contributed by atoms with E-state index in [1.165, 1.54) is 5.56 Å². The van der Waals surface area contributed by atoms with Gasteiger partial charge in [0.25, 0.3) is 0 Å². The topological polar surface area (TPSA) is 83.8 Å². The molecule has 1 fully saturated rings. The minimum atomic E-state index is -0.578. The van der Waals surface area contributed by atoms with Crippen molar-refractivity contribution >= 4 is 5.91 Å². The predicted octanol–water partition coefficient (Wildman–Crippen LogP) is 0.648. The number of amides is 1. The van der Waals surface area contributed by atoms with Crippen LogP contribution in [0, 0.1) is 6.92 Å². The number of aromatic amines is 1. The fourth-order valence-corrected chi connectivity index (χ4v) is 2.07. The second-order valence-corrected chi connectivity index (χ2v) is 4.89. The van der Waals surface area contributed by atoms with Crippen LogP contribution in [0.1, 0.15) is 36.9 Å². The highest BCUT2D eigenvalue weighted by Gasteiger charge is 2.39. The second kappa shape index (κ2) is 4.87. The Morgan fingerprint density at radius 2 is 2.41 bits per heavy atom. The van der Waals surface area contributed by atoms with E-state index in [4.69, 9.17) is 5.73 Å². The number of hydrogen-bond acceptors (Lipinski definition) is 3. The molecule has 1 aliphatic carbocycles. The minimum Gasteiger partial charge on any atom is -0.354 e. The number of rotatable bonds is 5. The summed E-state index contributed by atoms with van der Waals surface area (Å²) in [7, 11) is 0. The number of aromatic nitrogens is 2. The number of nitrogens with zero attached hydrogens (tertiary/aromatic N) is 1. The van der Waals surface area contributed by atoms with Crippen molar-refractivity contribution in [3.63, 3.8) is 0 Å². The molecule has 17 heavy (non-hydrogen) atoms. The molecule has 0 bridgehead atoms. The Kier molecular flexibility index (Phi) is 3.47. The summed E-state index contributed by atoms with van der Waals surface area (Å²) in [6, 6.07) is 0. The van der Waals surface area contributed by atoms with Gasteiger partial charge in [0, 0.05) is 12.2 Å². The average molecular weight is 236 g/mol. The Morgan fingerprint density at radius 3 is 2.94 bits per heavy atom. The molecular formula is C12H20N4O. The van der Waals surface area contributed by atoms with Gasteiger partial charge in [-0.1, -0.05) is 0 Å². The van der Waals surface area contributed by atoms with E-state index in [1.54, 1.807) is 0 Å². The van der Waals surface area contributed by atoms with Crippen LogP contribution in [-0.2, 0) is 11.2 Å². The summed E-state index contributed by atoms with van der Waals surface area (Å²) in [4.78, 5) is 11.7. The van der Waals surface area contributed by atoms with Gasteiger partial charge in [-0.2, -0.15) is 5.10 Å². The molecule has 0 aliphatic heterocycles. The van der Waals surface area contributed by atoms with E-state index < -0.39 is 5.54 Å². The maximum atomic E-state index is 11.7. The van der Waals surface area contributed by atoms with Crippen molar-refractivity contribution in [2.24, 2.45) is 5.73 Å². The summed E-state index contributed by atoms with van der Waals surface area (Å²) in [6.45, 7) is 2.69. The first-order valence-electron chi connectivity index (χ1n) is 6.18. The van der Waals surface area contributed by atoms with Crippen molar-refractivity contribution in [3.8, 4) is 0 Å². The molecule has 1 heterocycles. The number of carbonyl (C=O) groups is 1. The lowest BCUT2D eigenvalue weighted by molar-refractivity contribution is -0.129. The van der Waals surface area contributed by atoms with E-state index in [9.17, 15) is 4.79 Å². The molecule has 2 rings (SSSR count). The van der Waals surface area contributed by atoms with Crippen LogP contribution in [-0.4, -0.2) is 28.2 Å². The molecule has 1 amide bonds. The average Bonchev–Trinajstić information content (AvgIpc) is 2.67. The lowest BCUT2D eigenvalue weighted by atomic mass is 9.77. The SMILES string of the molecule is Cc1[nH]ncc1CCCNC(=O)C1(N)CCC1. The third-order valence-corrected chi connectivity index (χ3v) is 3.54. The smallest absolute Gasteiger partial charge is 0.240 e. The highest BCUT2D eigenvalue weighted by molar-refractivity contribution is 5.86. The minimum absolute atomic E-state index is 0.00710. The molecular weight excluding hydrogens is 216 g/mol. The number of hydrogen-bond donors (Lipinski definition) is 3. The fourth-order valence-electron chi connectivity index (χ4n) is 2.07. The number of nitrogens with one attached hydrogen (secondary N) is 2. The standard InChI is InChI=1S/C12H20N4O/c1-9-10(8-15-16-9)4-2-7-14-11(17)12(13)5-3-6-12/h8H,2-7,13H2,1H3,(H,14,17)(H,15,16). The molecule has 1 saturated carbocycles. The Hall–Kier alpha value is -1.36. The normalized spacial score (nSPS) is 17.5. The van der Waals surface area contributed by atoms with Crippen LogP contribution in [0.5, 0.6) is 0 Å². The Bertz CT molecular complexity index is 395. The maximum absolute atomic E-state index is 11.7. The van der Waals surface area contributed by atoms with Crippen LogP contribution < -0.4 is 11.1 Å². The quantitative estimate of drug-likeness (QED) is 0.656. The van der Waals surface area contributed by atoms with Crippen LogP contribution in [0.2, 0.25) is 0 Å². The lowest BCUT2D eigenvalue weighted by Crippen LogP contribution is -2.58. The maximum Gasteiger partial charge on any atom is 0.240 e. The summed E-state index contributed by atoms with van der Waals surface area (Å²) in [5.41, 5.74) is 7.66. The van der Waals surface area contributed by atoms with Crippen molar-refractivity contribution in [3.05, 3.63) is 17.5 Å². The van der Waals surface area contributed by atoms with Crippen molar-refractivity contribution in [2.45, 2.75) is 44.6 Å². The molecule has 5 nitrogen and oxygen atoms in total. The number of carbonyl (C=O) groups excluding carboxylic acids is 1. The molecule has 0 spiro atoms. The first kappa shape index (κ1) is 12.1. The summed E-state index contributed by atoms with van der Waals surface area (Å²) in [5.74, 6) is 0.00710. The first-order chi connectivity index (χ1) is 8.12. The van der Waals surface area contributed by atoms with Crippen LogP contribution in [0.15, 0.2) is 6.20 Å². The van der Waals surface area contributed by atoms with Crippen LogP contribution in [0.25, 0.3) is 0 Å². The molecule has 5 heteroatoms. The zero-order valence-electron chi connectivity index (χ0n) is 10.3. The second-order valence-electron chi connectivity index (χ2n) is 4.89. The van der Waals surface area contributed by atoms with E-state index in [0.717, 1.165) is 37.8 Å². The molecule has 0 atom stereocenters. The molecule has 1 aromatic rings. The van der Waals surface area contributed by atoms with E-state index in [0.29, 0.717) is 6.54 Å². The van der Waals surface area contributed by atoms with Gasteiger partial charge >= 0.3 is 0 Å². The molecule has 1 aromatic heterocycles. The van der Waals surface area contributed by atoms with Gasteiger partial charge in [0.15, 0.2) is 0 Å². The monoisotopic (exact) mass is 236 g/mol. The van der Waals surface area contributed by atoms with E-state index in [-0.39, 0.29) is 5.91 Å². The zero-order valence-corrected chi connectivity index (χ0v) is 10.3. The molecule has 0 unspecified atom stereocenters. The Balaban J connectivity index is 1.67. The van der Waals surface area contributed by atoms with Crippen LogP contribution >= 0.6 is 0 Å². The lowest BCUT2D eigenvalue weighted by Gasteiger charge is -2.36. The third-order valence-electron chi connectivity index (χ3n) is 3.54. The zero-order chi connectivity index (χ0) is 12.3. The third kappa shape index (κ3) is 2.66. The Morgan fingerprint density at radius 1 is 1.65 bits per heavy atom. The van der Waals surface area contributed by atoms with Crippen LogP contribution in [0.3, 0.4) is 0 Å². The number of aryl methyl sites for hydroxylation is 2. The van der Waals surface area contributed by atoms with Gasteiger partial charge in [0.05, 0.1) is 11.7 Å². The van der Waals surface area contributed by atoms with Crippen molar-refractivity contribution < 1.29 is 4.79 Å².